The van der Waals surface area contributed by atoms with Gasteiger partial charge in [0.05, 0.1) is 17.8 Å². The lowest BCUT2D eigenvalue weighted by atomic mass is 9.97. The molecule has 0 saturated carbocycles. The number of aromatic nitrogens is 2. The number of fused-ring (bicyclic) bond motifs is 3. The lowest BCUT2D eigenvalue weighted by Gasteiger charge is -2.19. The molecule has 4 rings (SSSR count). The van der Waals surface area contributed by atoms with Crippen LogP contribution in [-0.2, 0) is 24.2 Å². The van der Waals surface area contributed by atoms with Crippen LogP contribution in [0.25, 0.3) is 10.2 Å². The zero-order valence-corrected chi connectivity index (χ0v) is 16.9. The van der Waals surface area contributed by atoms with Crippen molar-refractivity contribution in [3.05, 3.63) is 63.0 Å². The molecule has 6 heteroatoms. The minimum atomic E-state index is -0.158. The Kier molecular flexibility index (Phi) is 5.57. The number of amides is 1. The number of nitrogens with zero attached hydrogens (tertiary/aromatic N) is 2. The molecule has 0 saturated heterocycles. The van der Waals surface area contributed by atoms with Crippen molar-refractivity contribution >= 4 is 27.5 Å². The highest BCUT2D eigenvalue weighted by molar-refractivity contribution is 7.18. The van der Waals surface area contributed by atoms with Crippen molar-refractivity contribution in [1.29, 1.82) is 0 Å². The van der Waals surface area contributed by atoms with Crippen LogP contribution in [0.3, 0.4) is 0 Å². The van der Waals surface area contributed by atoms with Crippen molar-refractivity contribution in [1.82, 2.24) is 14.9 Å². The summed E-state index contributed by atoms with van der Waals surface area (Å²) >= 11 is 1.63. The number of nitrogens with one attached hydrogen (secondary N) is 1. The van der Waals surface area contributed by atoms with E-state index in [1.807, 2.05) is 30.3 Å². The van der Waals surface area contributed by atoms with E-state index >= 15 is 0 Å². The Morgan fingerprint density at radius 3 is 2.82 bits per heavy atom. The van der Waals surface area contributed by atoms with E-state index in [-0.39, 0.29) is 24.1 Å². The minimum absolute atomic E-state index is 0.000554. The molecule has 0 spiro atoms. The van der Waals surface area contributed by atoms with E-state index in [0.29, 0.717) is 0 Å². The first kappa shape index (κ1) is 18.9. The Hall–Kier alpha value is -2.47. The Morgan fingerprint density at radius 2 is 2.04 bits per heavy atom. The SMILES string of the molecule is CCC[C@@H](NC(=O)Cn1cnc2sc3c(c2c1=O)CCCC3)c1ccccc1. The normalized spacial score (nSPS) is 14.6. The van der Waals surface area contributed by atoms with Gasteiger partial charge in [0.15, 0.2) is 0 Å². The highest BCUT2D eigenvalue weighted by atomic mass is 32.1. The second-order valence-electron chi connectivity index (χ2n) is 7.39. The standard InChI is InChI=1S/C22H25N3O2S/c1-2-8-17(15-9-4-3-5-10-15)24-19(26)13-25-14-23-21-20(22(25)27)16-11-6-7-12-18(16)28-21/h3-5,9-10,14,17H,2,6-8,11-13H2,1H3,(H,24,26)/t17-/m1/s1. The maximum atomic E-state index is 13.0. The van der Waals surface area contributed by atoms with E-state index < -0.39 is 0 Å². The van der Waals surface area contributed by atoms with Crippen molar-refractivity contribution in [3.63, 3.8) is 0 Å². The van der Waals surface area contributed by atoms with Gasteiger partial charge >= 0.3 is 0 Å². The average molecular weight is 396 g/mol. The predicted octanol–water partition coefficient (Wildman–Crippen LogP) is 3.99. The van der Waals surface area contributed by atoms with Crippen molar-refractivity contribution in [3.8, 4) is 0 Å². The van der Waals surface area contributed by atoms with Gasteiger partial charge in [-0.2, -0.15) is 0 Å². The predicted molar refractivity (Wildman–Crippen MR) is 113 cm³/mol. The lowest BCUT2D eigenvalue weighted by molar-refractivity contribution is -0.122. The molecule has 1 atom stereocenters. The molecule has 1 aliphatic carbocycles. The average Bonchev–Trinajstić information content (AvgIpc) is 3.10. The lowest BCUT2D eigenvalue weighted by Crippen LogP contribution is -2.35. The first-order valence-corrected chi connectivity index (χ1v) is 10.8. The number of carbonyl (C=O) groups excluding carboxylic acids is 1. The molecular formula is C22H25N3O2S. The quantitative estimate of drug-likeness (QED) is 0.686. The molecule has 28 heavy (non-hydrogen) atoms. The van der Waals surface area contributed by atoms with Gasteiger partial charge in [0, 0.05) is 4.88 Å². The molecule has 2 aromatic heterocycles. The summed E-state index contributed by atoms with van der Waals surface area (Å²) in [5, 5.41) is 3.82. The van der Waals surface area contributed by atoms with Crippen molar-refractivity contribution in [2.45, 2.75) is 58.0 Å². The zero-order chi connectivity index (χ0) is 19.5. The van der Waals surface area contributed by atoms with Crippen LogP contribution in [-0.4, -0.2) is 15.5 Å². The molecule has 2 heterocycles. The molecule has 0 aliphatic heterocycles. The van der Waals surface area contributed by atoms with Gasteiger partial charge in [0.2, 0.25) is 5.91 Å². The number of hydrogen-bond acceptors (Lipinski definition) is 4. The van der Waals surface area contributed by atoms with Crippen LogP contribution in [0.5, 0.6) is 0 Å². The van der Waals surface area contributed by atoms with Gasteiger partial charge in [-0.15, -0.1) is 11.3 Å². The first-order chi connectivity index (χ1) is 13.7. The molecule has 1 aromatic carbocycles. The molecule has 0 radical (unpaired) electrons. The summed E-state index contributed by atoms with van der Waals surface area (Å²) in [7, 11) is 0. The second kappa shape index (κ2) is 8.27. The van der Waals surface area contributed by atoms with Gasteiger partial charge in [-0.1, -0.05) is 43.7 Å². The highest BCUT2D eigenvalue weighted by Crippen LogP contribution is 2.33. The fourth-order valence-electron chi connectivity index (χ4n) is 3.98. The Bertz CT molecular complexity index is 1040. The monoisotopic (exact) mass is 395 g/mol. The topological polar surface area (TPSA) is 64.0 Å². The minimum Gasteiger partial charge on any atom is -0.348 e. The van der Waals surface area contributed by atoms with E-state index in [1.54, 1.807) is 11.3 Å². The van der Waals surface area contributed by atoms with Gasteiger partial charge in [0.25, 0.3) is 5.56 Å². The van der Waals surface area contributed by atoms with E-state index in [2.05, 4.69) is 17.2 Å². The van der Waals surface area contributed by atoms with Crippen LogP contribution in [0.4, 0.5) is 0 Å². The van der Waals surface area contributed by atoms with Crippen LogP contribution < -0.4 is 10.9 Å². The molecule has 3 aromatic rings. The maximum Gasteiger partial charge on any atom is 0.262 e. The molecule has 1 aliphatic rings. The van der Waals surface area contributed by atoms with Crippen LogP contribution >= 0.6 is 11.3 Å². The number of thiophene rings is 1. The summed E-state index contributed by atoms with van der Waals surface area (Å²) in [6, 6.07) is 9.94. The number of hydrogen-bond donors (Lipinski definition) is 1. The van der Waals surface area contributed by atoms with E-state index in [1.165, 1.54) is 22.2 Å². The van der Waals surface area contributed by atoms with Crippen LogP contribution in [0.15, 0.2) is 41.5 Å². The number of aryl methyl sites for hydroxylation is 2. The Balaban J connectivity index is 1.56. The van der Waals surface area contributed by atoms with Gasteiger partial charge in [-0.3, -0.25) is 14.2 Å². The first-order valence-electron chi connectivity index (χ1n) is 10.0. The Morgan fingerprint density at radius 1 is 1.25 bits per heavy atom. The third-order valence-electron chi connectivity index (χ3n) is 5.37. The fourth-order valence-corrected chi connectivity index (χ4v) is 5.20. The summed E-state index contributed by atoms with van der Waals surface area (Å²) in [4.78, 5) is 32.3. The summed E-state index contributed by atoms with van der Waals surface area (Å²) in [6.45, 7) is 2.10. The molecule has 146 valence electrons. The molecule has 0 fully saturated rings. The number of benzene rings is 1. The molecule has 0 unspecified atom stereocenters. The molecule has 1 N–H and O–H groups in total. The van der Waals surface area contributed by atoms with Crippen LogP contribution in [0.2, 0.25) is 0 Å². The molecule has 1 amide bonds. The summed E-state index contributed by atoms with van der Waals surface area (Å²) in [6.07, 6.45) is 7.61. The highest BCUT2D eigenvalue weighted by Gasteiger charge is 2.21. The smallest absolute Gasteiger partial charge is 0.262 e. The second-order valence-corrected chi connectivity index (χ2v) is 8.47. The maximum absolute atomic E-state index is 13.0. The van der Waals surface area contributed by atoms with Crippen LogP contribution in [0, 0.1) is 0 Å². The van der Waals surface area contributed by atoms with Crippen molar-refractivity contribution < 1.29 is 4.79 Å². The largest absolute Gasteiger partial charge is 0.348 e. The van der Waals surface area contributed by atoms with E-state index in [9.17, 15) is 9.59 Å². The number of carbonyl (C=O) groups is 1. The van der Waals surface area contributed by atoms with E-state index in [0.717, 1.165) is 53.4 Å². The van der Waals surface area contributed by atoms with Gasteiger partial charge in [-0.05, 0) is 43.2 Å². The third-order valence-corrected chi connectivity index (χ3v) is 6.57. The van der Waals surface area contributed by atoms with Gasteiger partial charge < -0.3 is 5.32 Å². The fraction of sp³-hybridized carbons (Fsp3) is 0.409. The Labute approximate surface area is 168 Å². The van der Waals surface area contributed by atoms with E-state index in [4.69, 9.17) is 0 Å². The molecule has 5 nitrogen and oxygen atoms in total. The van der Waals surface area contributed by atoms with Crippen molar-refractivity contribution in [2.24, 2.45) is 0 Å². The van der Waals surface area contributed by atoms with Crippen molar-refractivity contribution in [2.75, 3.05) is 0 Å². The summed E-state index contributed by atoms with van der Waals surface area (Å²) in [5.74, 6) is -0.158. The van der Waals surface area contributed by atoms with Crippen LogP contribution in [0.1, 0.15) is 54.7 Å². The van der Waals surface area contributed by atoms with Gasteiger partial charge in [-0.25, -0.2) is 4.98 Å². The molecule has 0 bridgehead atoms. The summed E-state index contributed by atoms with van der Waals surface area (Å²) in [5.41, 5.74) is 2.16. The molecular weight excluding hydrogens is 370 g/mol. The number of rotatable bonds is 6. The zero-order valence-electron chi connectivity index (χ0n) is 16.1. The van der Waals surface area contributed by atoms with Gasteiger partial charge in [0.1, 0.15) is 11.4 Å². The summed E-state index contributed by atoms with van der Waals surface area (Å²) < 4.78 is 1.45. The third kappa shape index (κ3) is 3.74.